The standard InChI is InChI=1S/C14H34NSi2.Na/c1-7-13-16(9-3,10-4)15-17(11-5,12-6)14-8-2;/h7-14H2,1-6H3;/q-1;+1. The second-order valence-corrected chi connectivity index (χ2v) is 15.1. The van der Waals surface area contributed by atoms with Crippen LogP contribution < -0.4 is 29.6 Å². The largest absolute Gasteiger partial charge is 1.00 e. The summed E-state index contributed by atoms with van der Waals surface area (Å²) in [5, 5.41) is 0. The topological polar surface area (TPSA) is 14.1 Å². The molecule has 18 heavy (non-hydrogen) atoms. The van der Waals surface area contributed by atoms with Crippen LogP contribution in [0.1, 0.15) is 54.4 Å². The predicted octanol–water partition coefficient (Wildman–Crippen LogP) is 3.15. The first-order chi connectivity index (χ1) is 8.07. The quantitative estimate of drug-likeness (QED) is 0.550. The van der Waals surface area contributed by atoms with Gasteiger partial charge in [0.15, 0.2) is 0 Å². The van der Waals surface area contributed by atoms with Crippen LogP contribution in [0, 0.1) is 0 Å². The van der Waals surface area contributed by atoms with Crippen LogP contribution in [-0.2, 0) is 0 Å². The monoisotopic (exact) mass is 295 g/mol. The van der Waals surface area contributed by atoms with E-state index in [1.807, 2.05) is 0 Å². The van der Waals surface area contributed by atoms with E-state index in [0.717, 1.165) is 0 Å². The number of hydrogen-bond acceptors (Lipinski definition) is 0. The Morgan fingerprint density at radius 2 is 0.889 bits per heavy atom. The molecule has 1 nitrogen and oxygen atoms in total. The zero-order chi connectivity index (χ0) is 13.4. The Kier molecular flexibility index (Phi) is 13.4. The van der Waals surface area contributed by atoms with Gasteiger partial charge in [0, 0.05) is 0 Å². The van der Waals surface area contributed by atoms with Gasteiger partial charge >= 0.3 is 29.6 Å². The van der Waals surface area contributed by atoms with E-state index in [2.05, 4.69) is 41.5 Å². The third kappa shape index (κ3) is 6.23. The van der Waals surface area contributed by atoms with Crippen molar-refractivity contribution in [1.82, 2.24) is 0 Å². The Morgan fingerprint density at radius 3 is 1.06 bits per heavy atom. The van der Waals surface area contributed by atoms with Crippen molar-refractivity contribution < 1.29 is 29.6 Å². The van der Waals surface area contributed by atoms with Gasteiger partial charge in [-0.25, -0.2) is 0 Å². The maximum Gasteiger partial charge on any atom is 1.00 e. The third-order valence-electron chi connectivity index (χ3n) is 4.54. The van der Waals surface area contributed by atoms with Crippen LogP contribution in [0.5, 0.6) is 0 Å². The van der Waals surface area contributed by atoms with Crippen LogP contribution in [0.15, 0.2) is 0 Å². The van der Waals surface area contributed by atoms with Crippen molar-refractivity contribution >= 4 is 16.5 Å². The summed E-state index contributed by atoms with van der Waals surface area (Å²) in [5.41, 5.74) is 0. The van der Waals surface area contributed by atoms with Crippen molar-refractivity contribution in [3.05, 3.63) is 4.65 Å². The van der Waals surface area contributed by atoms with E-state index in [1.54, 1.807) is 0 Å². The van der Waals surface area contributed by atoms with E-state index < -0.39 is 16.5 Å². The first-order valence-corrected chi connectivity index (χ1v) is 12.9. The van der Waals surface area contributed by atoms with Crippen LogP contribution in [0.4, 0.5) is 0 Å². The first kappa shape index (κ1) is 21.7. The van der Waals surface area contributed by atoms with E-state index in [9.17, 15) is 0 Å². The molecule has 0 bridgehead atoms. The van der Waals surface area contributed by atoms with Crippen molar-refractivity contribution in [2.75, 3.05) is 0 Å². The van der Waals surface area contributed by atoms with E-state index >= 15 is 0 Å². The number of hydrogen-bond donors (Lipinski definition) is 0. The van der Waals surface area contributed by atoms with Gasteiger partial charge in [0.2, 0.25) is 0 Å². The fourth-order valence-electron chi connectivity index (χ4n) is 3.07. The van der Waals surface area contributed by atoms with Crippen molar-refractivity contribution in [2.24, 2.45) is 0 Å². The van der Waals surface area contributed by atoms with Gasteiger partial charge in [-0.15, -0.1) is 0 Å². The second kappa shape index (κ2) is 11.1. The van der Waals surface area contributed by atoms with E-state index in [1.165, 1.54) is 49.1 Å². The average Bonchev–Trinajstić information content (AvgIpc) is 2.37. The summed E-state index contributed by atoms with van der Waals surface area (Å²) in [5.74, 6) is 0. The van der Waals surface area contributed by atoms with Crippen molar-refractivity contribution in [2.45, 2.75) is 90.6 Å². The molecule has 0 atom stereocenters. The van der Waals surface area contributed by atoms with Crippen LogP contribution in [0.25, 0.3) is 4.65 Å². The molecule has 0 unspecified atom stereocenters. The van der Waals surface area contributed by atoms with Gasteiger partial charge in [0.25, 0.3) is 0 Å². The summed E-state index contributed by atoms with van der Waals surface area (Å²) in [7, 11) is -2.54. The van der Waals surface area contributed by atoms with Crippen molar-refractivity contribution in [3.63, 3.8) is 0 Å². The maximum absolute atomic E-state index is 5.67. The molecular weight excluding hydrogens is 261 g/mol. The molecule has 0 rings (SSSR count). The fraction of sp³-hybridized carbons (Fsp3) is 1.00. The molecule has 0 amide bonds. The van der Waals surface area contributed by atoms with Gasteiger partial charge in [0.05, 0.1) is 0 Å². The van der Waals surface area contributed by atoms with Gasteiger partial charge in [-0.1, -0.05) is 107 Å². The average molecular weight is 296 g/mol. The minimum atomic E-state index is -1.27. The number of rotatable bonds is 10. The van der Waals surface area contributed by atoms with Crippen LogP contribution in [0.3, 0.4) is 0 Å². The molecule has 0 aliphatic carbocycles. The van der Waals surface area contributed by atoms with Crippen LogP contribution in [-0.4, -0.2) is 16.5 Å². The normalized spacial score (nSPS) is 12.3. The Labute approximate surface area is 140 Å². The first-order valence-electron chi connectivity index (χ1n) is 7.81. The molecule has 0 saturated heterocycles. The van der Waals surface area contributed by atoms with Gasteiger partial charge in [-0.2, -0.15) is 0 Å². The zero-order valence-electron chi connectivity index (χ0n) is 14.1. The van der Waals surface area contributed by atoms with Gasteiger partial charge < -0.3 is 4.65 Å². The Balaban J connectivity index is 0. The molecule has 0 aliphatic rings. The van der Waals surface area contributed by atoms with Gasteiger partial charge in [-0.3, -0.25) is 0 Å². The number of nitrogens with zero attached hydrogens (tertiary/aromatic N) is 1. The Bertz CT molecular complexity index is 172. The molecule has 0 heterocycles. The molecule has 4 heteroatoms. The molecule has 0 N–H and O–H groups in total. The van der Waals surface area contributed by atoms with Gasteiger partial charge in [0.1, 0.15) is 0 Å². The van der Waals surface area contributed by atoms with Crippen molar-refractivity contribution in [1.29, 1.82) is 0 Å². The third-order valence-corrected chi connectivity index (χ3v) is 16.5. The van der Waals surface area contributed by atoms with E-state index in [-0.39, 0.29) is 29.6 Å². The summed E-state index contributed by atoms with van der Waals surface area (Å²) in [6.07, 6.45) is 2.67. The molecule has 0 aromatic rings. The molecule has 0 aliphatic heterocycles. The molecule has 0 aromatic heterocycles. The van der Waals surface area contributed by atoms with Crippen molar-refractivity contribution in [3.8, 4) is 0 Å². The Morgan fingerprint density at radius 1 is 0.611 bits per heavy atom. The maximum atomic E-state index is 5.67. The summed E-state index contributed by atoms with van der Waals surface area (Å²) in [6.45, 7) is 14.3. The summed E-state index contributed by atoms with van der Waals surface area (Å²) in [6, 6.07) is 8.34. The minimum Gasteiger partial charge on any atom is -0.666 e. The molecule has 0 aromatic carbocycles. The Hall–Kier alpha value is 1.39. The summed E-state index contributed by atoms with van der Waals surface area (Å²) >= 11 is 0. The smallest absolute Gasteiger partial charge is 0.666 e. The second-order valence-electron chi connectivity index (χ2n) is 5.47. The van der Waals surface area contributed by atoms with Crippen LogP contribution in [0.2, 0.25) is 36.3 Å². The SMILES string of the molecule is CCC[Si](CC)(CC)[N-][Si](CC)(CC)CCC.[Na+]. The molecule has 0 saturated carbocycles. The molecule has 0 fully saturated rings. The van der Waals surface area contributed by atoms with E-state index in [4.69, 9.17) is 4.65 Å². The molecule has 104 valence electrons. The minimum absolute atomic E-state index is 0. The fourth-order valence-corrected chi connectivity index (χ4v) is 14.8. The van der Waals surface area contributed by atoms with E-state index in [0.29, 0.717) is 0 Å². The molecule has 0 spiro atoms. The summed E-state index contributed by atoms with van der Waals surface area (Å²) < 4.78 is 5.67. The molecule has 0 radical (unpaired) electrons. The zero-order valence-corrected chi connectivity index (χ0v) is 18.1. The van der Waals surface area contributed by atoms with Crippen LogP contribution >= 0.6 is 0 Å². The molecular formula is C14H34NNaSi2. The van der Waals surface area contributed by atoms with Gasteiger partial charge in [-0.05, 0) is 0 Å². The summed E-state index contributed by atoms with van der Waals surface area (Å²) in [4.78, 5) is 0. The predicted molar refractivity (Wildman–Crippen MR) is 87.0 cm³/mol.